The number of fused-ring (bicyclic) bond motifs is 2. The summed E-state index contributed by atoms with van der Waals surface area (Å²) in [5.74, 6) is 0.818. The fraction of sp³-hybridized carbons (Fsp3) is 0.385. The molecule has 2 N–H and O–H groups in total. The van der Waals surface area contributed by atoms with Gasteiger partial charge in [0.15, 0.2) is 5.69 Å². The molecule has 0 spiro atoms. The quantitative estimate of drug-likeness (QED) is 0.733. The van der Waals surface area contributed by atoms with E-state index in [4.69, 9.17) is 5.21 Å². The summed E-state index contributed by atoms with van der Waals surface area (Å²) in [5.41, 5.74) is 0.591. The number of benzene rings is 1. The summed E-state index contributed by atoms with van der Waals surface area (Å²) in [6.07, 6.45) is 3.93. The Kier molecular flexibility index (Phi) is 3.06. The van der Waals surface area contributed by atoms with Crippen molar-refractivity contribution in [3.05, 3.63) is 39.6 Å². The van der Waals surface area contributed by atoms with Crippen LogP contribution >= 0.6 is 0 Å². The minimum atomic E-state index is -1.03. The molecule has 0 fully saturated rings. The fourth-order valence-electron chi connectivity index (χ4n) is 2.55. The number of hydrogen-bond acceptors (Lipinski definition) is 4. The molecule has 1 atom stereocenters. The van der Waals surface area contributed by atoms with E-state index in [2.05, 4.69) is 4.98 Å². The lowest BCUT2D eigenvalue weighted by atomic mass is 10.2. The lowest BCUT2D eigenvalue weighted by molar-refractivity contribution is -0.991. The van der Waals surface area contributed by atoms with Crippen molar-refractivity contribution in [2.45, 2.75) is 32.2 Å². The summed E-state index contributed by atoms with van der Waals surface area (Å²) in [6, 6.07) is 4.53. The van der Waals surface area contributed by atoms with Gasteiger partial charge in [0.05, 0.1) is 10.9 Å². The van der Waals surface area contributed by atoms with Crippen LogP contribution in [0.3, 0.4) is 0 Å². The van der Waals surface area contributed by atoms with Crippen molar-refractivity contribution >= 4 is 16.6 Å². The zero-order valence-corrected chi connectivity index (χ0v) is 10.4. The van der Waals surface area contributed by atoms with E-state index in [9.17, 15) is 10.0 Å². The van der Waals surface area contributed by atoms with Gasteiger partial charge in [-0.1, -0.05) is 6.42 Å². The molecule has 1 aliphatic rings. The van der Waals surface area contributed by atoms with E-state index in [1.165, 1.54) is 12.1 Å². The fourth-order valence-corrected chi connectivity index (χ4v) is 2.55. The Bertz CT molecular complexity index is 679. The van der Waals surface area contributed by atoms with Crippen LogP contribution in [-0.2, 0) is 13.0 Å². The van der Waals surface area contributed by atoms with Crippen LogP contribution in [0, 0.1) is 5.21 Å². The van der Waals surface area contributed by atoms with Gasteiger partial charge in [0, 0.05) is 25.1 Å². The van der Waals surface area contributed by atoms with E-state index < -0.39 is 5.23 Å². The normalized spacial score (nSPS) is 16.9. The number of nitrogens with zero attached hydrogens (tertiary/aromatic N) is 2. The summed E-state index contributed by atoms with van der Waals surface area (Å²) in [6.45, 7) is 0.675. The molecule has 6 heteroatoms. The average molecular weight is 261 g/mol. The Labute approximate surface area is 109 Å². The van der Waals surface area contributed by atoms with E-state index in [0.29, 0.717) is 17.4 Å². The predicted octanol–water partition coefficient (Wildman–Crippen LogP) is 0.526. The van der Waals surface area contributed by atoms with Crippen LogP contribution in [-0.4, -0.2) is 14.8 Å². The largest absolute Gasteiger partial charge is 0.595 e. The molecule has 0 saturated carbocycles. The maximum absolute atomic E-state index is 12.4. The SMILES string of the molecule is O=c1c2cc([NH+]([O-])O)ccc2nc2n1CCCCC2. The van der Waals surface area contributed by atoms with Gasteiger partial charge < -0.3 is 5.21 Å². The first-order chi connectivity index (χ1) is 9.16. The lowest BCUT2D eigenvalue weighted by Crippen LogP contribution is -2.99. The monoisotopic (exact) mass is 261 g/mol. The highest BCUT2D eigenvalue weighted by molar-refractivity contribution is 5.80. The van der Waals surface area contributed by atoms with Crippen molar-refractivity contribution in [3.8, 4) is 0 Å². The number of hydrogen-bond donors (Lipinski definition) is 2. The first-order valence-electron chi connectivity index (χ1n) is 6.43. The standard InChI is InChI=1S/C13H15N3O3/c17-13-10-8-9(16(18)19)5-6-11(10)14-12-4-2-1-3-7-15(12)13/h5-6,8,16,18H,1-4,7H2. The van der Waals surface area contributed by atoms with Gasteiger partial charge in [-0.15, -0.1) is 0 Å². The van der Waals surface area contributed by atoms with Gasteiger partial charge in [0.1, 0.15) is 5.82 Å². The second-order valence-electron chi connectivity index (χ2n) is 4.83. The molecule has 19 heavy (non-hydrogen) atoms. The smallest absolute Gasteiger partial charge is 0.261 e. The highest BCUT2D eigenvalue weighted by atomic mass is 16.8. The first-order valence-corrected chi connectivity index (χ1v) is 6.43. The molecule has 3 rings (SSSR count). The maximum atomic E-state index is 12.4. The molecule has 1 aromatic heterocycles. The highest BCUT2D eigenvalue weighted by Crippen LogP contribution is 2.16. The molecular weight excluding hydrogens is 246 g/mol. The third-order valence-electron chi connectivity index (χ3n) is 3.56. The van der Waals surface area contributed by atoms with Crippen LogP contribution < -0.4 is 10.8 Å². The Morgan fingerprint density at radius 1 is 1.32 bits per heavy atom. The molecular formula is C13H15N3O3. The van der Waals surface area contributed by atoms with E-state index in [1.54, 1.807) is 10.6 Å². The van der Waals surface area contributed by atoms with Gasteiger partial charge in [0.25, 0.3) is 5.56 Å². The number of rotatable bonds is 1. The predicted molar refractivity (Wildman–Crippen MR) is 69.3 cm³/mol. The maximum Gasteiger partial charge on any atom is 0.261 e. The molecule has 2 heterocycles. The van der Waals surface area contributed by atoms with Crippen LogP contribution in [0.25, 0.3) is 10.9 Å². The summed E-state index contributed by atoms with van der Waals surface area (Å²) in [4.78, 5) is 16.9. The van der Waals surface area contributed by atoms with Gasteiger partial charge in [-0.3, -0.25) is 9.36 Å². The molecule has 1 aliphatic heterocycles. The van der Waals surface area contributed by atoms with Crippen molar-refractivity contribution < 1.29 is 10.4 Å². The Balaban J connectivity index is 2.26. The zero-order chi connectivity index (χ0) is 13.4. The summed E-state index contributed by atoms with van der Waals surface area (Å²) >= 11 is 0. The van der Waals surface area contributed by atoms with Crippen molar-refractivity contribution in [1.82, 2.24) is 9.55 Å². The van der Waals surface area contributed by atoms with Crippen LogP contribution in [0.15, 0.2) is 23.0 Å². The third kappa shape index (κ3) is 2.14. The average Bonchev–Trinajstić information content (AvgIpc) is 2.64. The van der Waals surface area contributed by atoms with E-state index >= 15 is 0 Å². The van der Waals surface area contributed by atoms with Gasteiger partial charge in [-0.25, -0.2) is 10.2 Å². The topological polar surface area (TPSA) is 82.6 Å². The van der Waals surface area contributed by atoms with E-state index in [-0.39, 0.29) is 11.2 Å². The van der Waals surface area contributed by atoms with Crippen LogP contribution in [0.5, 0.6) is 0 Å². The Morgan fingerprint density at radius 2 is 2.16 bits per heavy atom. The Morgan fingerprint density at radius 3 is 2.95 bits per heavy atom. The third-order valence-corrected chi connectivity index (χ3v) is 3.56. The van der Waals surface area contributed by atoms with Crippen LogP contribution in [0.2, 0.25) is 0 Å². The minimum Gasteiger partial charge on any atom is -0.595 e. The van der Waals surface area contributed by atoms with Gasteiger partial charge in [-0.05, 0) is 18.9 Å². The molecule has 1 aromatic carbocycles. The van der Waals surface area contributed by atoms with Crippen molar-refractivity contribution in [1.29, 1.82) is 0 Å². The van der Waals surface area contributed by atoms with Gasteiger partial charge in [-0.2, -0.15) is 5.23 Å². The lowest BCUT2D eigenvalue weighted by Gasteiger charge is -2.13. The molecule has 6 nitrogen and oxygen atoms in total. The number of quaternary nitrogens is 1. The molecule has 0 aliphatic carbocycles. The van der Waals surface area contributed by atoms with Crippen molar-refractivity contribution in [2.75, 3.05) is 0 Å². The van der Waals surface area contributed by atoms with Crippen molar-refractivity contribution in [2.24, 2.45) is 0 Å². The number of nitrogens with one attached hydrogen (secondary N) is 1. The van der Waals surface area contributed by atoms with Crippen LogP contribution in [0.4, 0.5) is 5.69 Å². The second kappa shape index (κ2) is 4.73. The van der Waals surface area contributed by atoms with E-state index in [0.717, 1.165) is 31.5 Å². The van der Waals surface area contributed by atoms with E-state index in [1.807, 2.05) is 0 Å². The summed E-state index contributed by atoms with van der Waals surface area (Å²) in [7, 11) is 0. The molecule has 0 amide bonds. The molecule has 1 unspecified atom stereocenters. The molecule has 2 aromatic rings. The van der Waals surface area contributed by atoms with Gasteiger partial charge in [0.2, 0.25) is 0 Å². The number of aryl methyl sites for hydroxylation is 1. The molecule has 100 valence electrons. The molecule has 0 bridgehead atoms. The van der Waals surface area contributed by atoms with Crippen molar-refractivity contribution in [3.63, 3.8) is 0 Å². The molecule has 0 radical (unpaired) electrons. The summed E-state index contributed by atoms with van der Waals surface area (Å²) in [5, 5.41) is 19.3. The zero-order valence-electron chi connectivity index (χ0n) is 10.4. The number of aromatic nitrogens is 2. The van der Waals surface area contributed by atoms with Crippen LogP contribution in [0.1, 0.15) is 25.1 Å². The highest BCUT2D eigenvalue weighted by Gasteiger charge is 2.14. The first kappa shape index (κ1) is 12.3. The summed E-state index contributed by atoms with van der Waals surface area (Å²) < 4.78 is 1.70. The minimum absolute atomic E-state index is 0.120. The Hall–Kier alpha value is -1.76. The second-order valence-corrected chi connectivity index (χ2v) is 4.83. The molecule has 0 saturated heterocycles. The van der Waals surface area contributed by atoms with Gasteiger partial charge >= 0.3 is 0 Å².